The first-order valence-electron chi connectivity index (χ1n) is 8.61. The first-order valence-corrected chi connectivity index (χ1v) is 10.0. The zero-order chi connectivity index (χ0) is 19.0. The van der Waals surface area contributed by atoms with Crippen LogP contribution >= 0.6 is 0 Å². The van der Waals surface area contributed by atoms with Crippen molar-refractivity contribution >= 4 is 26.7 Å². The van der Waals surface area contributed by atoms with Crippen molar-refractivity contribution in [2.45, 2.75) is 12.8 Å². The number of aromatic nitrogens is 1. The molecule has 0 radical (unpaired) electrons. The fourth-order valence-corrected chi connectivity index (χ4v) is 4.70. The normalized spacial score (nSPS) is 19.0. The second kappa shape index (κ2) is 6.65. The van der Waals surface area contributed by atoms with E-state index < -0.39 is 10.2 Å². The van der Waals surface area contributed by atoms with Crippen LogP contribution in [0.2, 0.25) is 0 Å². The largest absolute Gasteiger partial charge is 0.301 e. The summed E-state index contributed by atoms with van der Waals surface area (Å²) < 4.78 is 29.3. The summed E-state index contributed by atoms with van der Waals surface area (Å²) >= 11 is 0. The molecule has 2 aromatic carbocycles. The van der Waals surface area contributed by atoms with Gasteiger partial charge in [0, 0.05) is 30.6 Å². The first-order chi connectivity index (χ1) is 13.0. The highest BCUT2D eigenvalue weighted by Gasteiger charge is 2.32. The molecule has 1 aromatic heterocycles. The van der Waals surface area contributed by atoms with Gasteiger partial charge in [-0.2, -0.15) is 18.4 Å². The Bertz CT molecular complexity index is 1150. The molecule has 1 fully saturated rings. The van der Waals surface area contributed by atoms with E-state index in [4.69, 9.17) is 0 Å². The van der Waals surface area contributed by atoms with E-state index >= 15 is 0 Å². The maximum absolute atomic E-state index is 12.6. The lowest BCUT2D eigenvalue weighted by Crippen LogP contribution is -2.50. The minimum absolute atomic E-state index is 0.0527. The van der Waals surface area contributed by atoms with Gasteiger partial charge in [0.1, 0.15) is 11.8 Å². The van der Waals surface area contributed by atoms with Gasteiger partial charge in [-0.25, -0.2) is 4.98 Å². The van der Waals surface area contributed by atoms with Crippen molar-refractivity contribution in [1.29, 1.82) is 5.26 Å². The Hall–Kier alpha value is -2.95. The molecule has 1 atom stereocenters. The third-order valence-corrected chi connectivity index (χ3v) is 6.35. The number of benzene rings is 2. The number of nitriles is 1. The van der Waals surface area contributed by atoms with Crippen LogP contribution in [0.4, 0.5) is 5.69 Å². The monoisotopic (exact) mass is 378 g/mol. The minimum atomic E-state index is -3.61. The van der Waals surface area contributed by atoms with Crippen LogP contribution in [0.25, 0.3) is 10.8 Å². The molecule has 1 N–H and O–H groups in total. The summed E-state index contributed by atoms with van der Waals surface area (Å²) in [6.45, 7) is 2.76. The van der Waals surface area contributed by atoms with Gasteiger partial charge in [-0.3, -0.25) is 4.31 Å². The zero-order valence-electron chi connectivity index (χ0n) is 14.8. The highest BCUT2D eigenvalue weighted by atomic mass is 32.2. The molecule has 7 heteroatoms. The maximum Gasteiger partial charge on any atom is 0.301 e. The van der Waals surface area contributed by atoms with Gasteiger partial charge in [-0.05, 0) is 42.1 Å². The highest BCUT2D eigenvalue weighted by molar-refractivity contribution is 7.91. The summed E-state index contributed by atoms with van der Waals surface area (Å²) in [7, 11) is -3.61. The van der Waals surface area contributed by atoms with Crippen molar-refractivity contribution < 1.29 is 8.42 Å². The number of hydrogen-bond acceptors (Lipinski definition) is 4. The second-order valence-electron chi connectivity index (χ2n) is 6.67. The van der Waals surface area contributed by atoms with Crippen molar-refractivity contribution in [2.24, 2.45) is 0 Å². The lowest BCUT2D eigenvalue weighted by atomic mass is 9.98. The van der Waals surface area contributed by atoms with Gasteiger partial charge in [-0.15, -0.1) is 0 Å². The standard InChI is InChI=1S/C20H18N4O2S/c1-14-2-4-15(5-3-14)17-12-23-27(25,26)24(13-17)18-6-7-19-16(10-18)8-9-22-20(19)11-21/h2-10,17,23H,12-13H2,1H3/t17-/m0/s1. The number of aryl methyl sites for hydroxylation is 1. The Morgan fingerprint density at radius 1 is 1.19 bits per heavy atom. The fraction of sp³-hybridized carbons (Fsp3) is 0.200. The molecule has 0 aliphatic carbocycles. The Morgan fingerprint density at radius 3 is 2.70 bits per heavy atom. The predicted octanol–water partition coefficient (Wildman–Crippen LogP) is 2.85. The van der Waals surface area contributed by atoms with Crippen LogP contribution in [0.3, 0.4) is 0 Å². The van der Waals surface area contributed by atoms with E-state index in [0.29, 0.717) is 29.9 Å². The molecule has 4 rings (SSSR count). The third-order valence-electron chi connectivity index (χ3n) is 4.88. The molecule has 0 unspecified atom stereocenters. The molecule has 3 aromatic rings. The molecule has 27 heavy (non-hydrogen) atoms. The minimum Gasteiger partial charge on any atom is -0.257 e. The fourth-order valence-electron chi connectivity index (χ4n) is 3.36. The number of nitrogens with zero attached hydrogens (tertiary/aromatic N) is 3. The van der Waals surface area contributed by atoms with Crippen LogP contribution < -0.4 is 9.03 Å². The van der Waals surface area contributed by atoms with Crippen LogP contribution in [0.1, 0.15) is 22.7 Å². The van der Waals surface area contributed by atoms with Crippen LogP contribution in [-0.4, -0.2) is 26.5 Å². The van der Waals surface area contributed by atoms with Crippen molar-refractivity contribution in [3.63, 3.8) is 0 Å². The molecule has 0 saturated carbocycles. The van der Waals surface area contributed by atoms with Gasteiger partial charge >= 0.3 is 10.2 Å². The molecular formula is C20H18N4O2S. The van der Waals surface area contributed by atoms with Crippen LogP contribution in [0.5, 0.6) is 0 Å². The van der Waals surface area contributed by atoms with Crippen molar-refractivity contribution in [3.8, 4) is 6.07 Å². The lowest BCUT2D eigenvalue weighted by molar-refractivity contribution is 0.541. The van der Waals surface area contributed by atoms with Crippen LogP contribution in [0.15, 0.2) is 54.7 Å². The Kier molecular flexibility index (Phi) is 4.30. The Morgan fingerprint density at radius 2 is 1.96 bits per heavy atom. The average Bonchev–Trinajstić information content (AvgIpc) is 2.67. The smallest absolute Gasteiger partial charge is 0.257 e. The van der Waals surface area contributed by atoms with E-state index in [0.717, 1.165) is 10.9 Å². The van der Waals surface area contributed by atoms with Gasteiger partial charge < -0.3 is 0 Å². The average molecular weight is 378 g/mol. The Balaban J connectivity index is 1.73. The van der Waals surface area contributed by atoms with E-state index in [9.17, 15) is 13.7 Å². The predicted molar refractivity (Wildman–Crippen MR) is 105 cm³/mol. The quantitative estimate of drug-likeness (QED) is 0.743. The molecule has 0 bridgehead atoms. The summed E-state index contributed by atoms with van der Waals surface area (Å²) in [6, 6.07) is 17.3. The number of pyridine rings is 1. The maximum atomic E-state index is 12.6. The molecule has 136 valence electrons. The van der Waals surface area contributed by atoms with E-state index in [2.05, 4.69) is 15.8 Å². The number of hydrogen-bond donors (Lipinski definition) is 1. The zero-order valence-corrected chi connectivity index (χ0v) is 15.6. The van der Waals surface area contributed by atoms with Gasteiger partial charge in [-0.1, -0.05) is 29.8 Å². The topological polar surface area (TPSA) is 86.1 Å². The van der Waals surface area contributed by atoms with Crippen LogP contribution in [0, 0.1) is 18.3 Å². The SMILES string of the molecule is Cc1ccc([C@H]2CNS(=O)(=O)N(c3ccc4c(C#N)nccc4c3)C2)cc1. The van der Waals surface area contributed by atoms with Crippen LogP contribution in [-0.2, 0) is 10.2 Å². The Labute approximate surface area is 158 Å². The number of rotatable bonds is 2. The van der Waals surface area contributed by atoms with Crippen molar-refractivity contribution in [1.82, 2.24) is 9.71 Å². The van der Waals surface area contributed by atoms with E-state index in [-0.39, 0.29) is 5.92 Å². The number of fused-ring (bicyclic) bond motifs is 1. The lowest BCUT2D eigenvalue weighted by Gasteiger charge is -2.34. The molecular weight excluding hydrogens is 360 g/mol. The summed E-state index contributed by atoms with van der Waals surface area (Å²) in [6.07, 6.45) is 1.56. The van der Waals surface area contributed by atoms with E-state index in [1.165, 1.54) is 9.87 Å². The molecule has 2 heterocycles. The summed E-state index contributed by atoms with van der Waals surface area (Å²) in [4.78, 5) is 4.05. The molecule has 1 aliphatic heterocycles. The summed E-state index contributed by atoms with van der Waals surface area (Å²) in [5.74, 6) is 0.0527. The first kappa shape index (κ1) is 17.5. The molecule has 1 saturated heterocycles. The van der Waals surface area contributed by atoms with Gasteiger partial charge in [0.25, 0.3) is 0 Å². The molecule has 0 spiro atoms. The number of nitrogens with one attached hydrogen (secondary N) is 1. The highest BCUT2D eigenvalue weighted by Crippen LogP contribution is 2.30. The van der Waals surface area contributed by atoms with E-state index in [1.807, 2.05) is 31.2 Å². The third kappa shape index (κ3) is 3.25. The molecule has 6 nitrogen and oxygen atoms in total. The number of anilines is 1. The summed E-state index contributed by atoms with van der Waals surface area (Å²) in [5, 5.41) is 10.7. The van der Waals surface area contributed by atoms with Gasteiger partial charge in [0.15, 0.2) is 0 Å². The summed E-state index contributed by atoms with van der Waals surface area (Å²) in [5.41, 5.74) is 3.17. The van der Waals surface area contributed by atoms with E-state index in [1.54, 1.807) is 30.5 Å². The molecule has 1 aliphatic rings. The second-order valence-corrected chi connectivity index (χ2v) is 8.35. The van der Waals surface area contributed by atoms with Gasteiger partial charge in [0.2, 0.25) is 0 Å². The van der Waals surface area contributed by atoms with Gasteiger partial charge in [0.05, 0.1) is 5.69 Å². The van der Waals surface area contributed by atoms with Crippen molar-refractivity contribution in [3.05, 3.63) is 71.5 Å². The van der Waals surface area contributed by atoms with Crippen molar-refractivity contribution in [2.75, 3.05) is 17.4 Å². The molecule has 0 amide bonds.